The van der Waals surface area contributed by atoms with Crippen molar-refractivity contribution in [3.8, 4) is 17.1 Å². The monoisotopic (exact) mass is 645 g/mol. The first-order valence-electron chi connectivity index (χ1n) is 15.2. The second kappa shape index (κ2) is 14.0. The normalized spacial score (nSPS) is 13.3. The smallest absolute Gasteiger partial charge is 0.335 e. The number of carboxylic acids is 1. The summed E-state index contributed by atoms with van der Waals surface area (Å²) >= 11 is 0. The van der Waals surface area contributed by atoms with E-state index in [0.29, 0.717) is 17.3 Å². The largest absolute Gasteiger partial charge is 0.478 e. The van der Waals surface area contributed by atoms with Gasteiger partial charge in [-0.1, -0.05) is 65.0 Å². The molecule has 46 heavy (non-hydrogen) atoms. The Balaban J connectivity index is 1.84. The highest BCUT2D eigenvalue weighted by atomic mass is 32.2. The van der Waals surface area contributed by atoms with Crippen molar-refractivity contribution in [2.45, 2.75) is 77.3 Å². The summed E-state index contributed by atoms with van der Waals surface area (Å²) < 4.78 is 36.0. The third kappa shape index (κ3) is 8.27. The average molecular weight is 646 g/mol. The van der Waals surface area contributed by atoms with E-state index >= 15 is 0 Å². The number of nitrogens with zero attached hydrogens (tertiary/aromatic N) is 3. The molecule has 0 fully saturated rings. The fourth-order valence-corrected chi connectivity index (χ4v) is 6.24. The van der Waals surface area contributed by atoms with Gasteiger partial charge in [0.25, 0.3) is 10.0 Å². The molecule has 244 valence electrons. The van der Waals surface area contributed by atoms with Crippen LogP contribution in [0.2, 0.25) is 0 Å². The summed E-state index contributed by atoms with van der Waals surface area (Å²) in [6.07, 6.45) is 2.07. The zero-order valence-electron chi connectivity index (χ0n) is 27.6. The van der Waals surface area contributed by atoms with Gasteiger partial charge < -0.3 is 15.2 Å². The van der Waals surface area contributed by atoms with Crippen LogP contribution in [-0.4, -0.2) is 47.5 Å². The van der Waals surface area contributed by atoms with Gasteiger partial charge >= 0.3 is 5.97 Å². The van der Waals surface area contributed by atoms with Crippen LogP contribution in [0.15, 0.2) is 71.8 Å². The molecule has 0 radical (unpaired) electrons. The van der Waals surface area contributed by atoms with Crippen molar-refractivity contribution in [1.82, 2.24) is 20.3 Å². The van der Waals surface area contributed by atoms with E-state index in [1.165, 1.54) is 18.2 Å². The standard InChI is InChI=1S/C35H43N5O5S/c1-21(2)17-29(36-8)32(27-16-15-25(20-37-27)35(5,6)7)45-30-19-28(31-22(3)11-9-12-23(31)4)38-34(39-30)40-46(43,44)26-14-10-13-24(18-26)33(41)42/h9-16,18-21,29,32,36H,17H2,1-8H3,(H,41,42)(H,38,39,40)/t29-,32-/m1/s1. The minimum atomic E-state index is -4.26. The minimum absolute atomic E-state index is 0.0781. The van der Waals surface area contributed by atoms with Crippen LogP contribution in [0.25, 0.3) is 11.3 Å². The molecule has 0 aliphatic heterocycles. The molecule has 3 N–H and O–H groups in total. The van der Waals surface area contributed by atoms with E-state index in [1.807, 2.05) is 57.4 Å². The number of hydrogen-bond donors (Lipinski definition) is 3. The summed E-state index contributed by atoms with van der Waals surface area (Å²) in [6, 6.07) is 16.5. The van der Waals surface area contributed by atoms with Crippen molar-refractivity contribution in [2.75, 3.05) is 11.8 Å². The molecule has 0 bridgehead atoms. The molecule has 2 aromatic heterocycles. The van der Waals surface area contributed by atoms with Crippen molar-refractivity contribution >= 4 is 21.9 Å². The number of sulfonamides is 1. The second-order valence-electron chi connectivity index (χ2n) is 12.9. The fraction of sp³-hybridized carbons (Fsp3) is 0.371. The maximum atomic E-state index is 13.5. The first-order valence-corrected chi connectivity index (χ1v) is 16.7. The molecule has 0 saturated carbocycles. The van der Waals surface area contributed by atoms with Gasteiger partial charge in [-0.05, 0) is 79.6 Å². The van der Waals surface area contributed by atoms with Gasteiger partial charge in [0.15, 0.2) is 6.10 Å². The Kier molecular flexibility index (Phi) is 10.5. The Bertz CT molecular complexity index is 1780. The molecule has 0 aliphatic carbocycles. The highest BCUT2D eigenvalue weighted by Crippen LogP contribution is 2.33. The van der Waals surface area contributed by atoms with Crippen LogP contribution in [0.4, 0.5) is 5.95 Å². The maximum absolute atomic E-state index is 13.5. The summed E-state index contributed by atoms with van der Waals surface area (Å²) in [4.78, 5) is 25.2. The molecular formula is C35H43N5O5S. The first kappa shape index (κ1) is 34.5. The second-order valence-corrected chi connectivity index (χ2v) is 14.6. The number of carbonyl (C=O) groups is 1. The number of carboxylic acid groups (broad SMARTS) is 1. The molecule has 0 saturated heterocycles. The average Bonchev–Trinajstić information content (AvgIpc) is 2.98. The van der Waals surface area contributed by atoms with Crippen LogP contribution < -0.4 is 14.8 Å². The van der Waals surface area contributed by atoms with Crippen LogP contribution in [-0.2, 0) is 15.4 Å². The molecule has 2 atom stereocenters. The lowest BCUT2D eigenvalue weighted by Crippen LogP contribution is -2.37. The molecule has 10 nitrogen and oxygen atoms in total. The lowest BCUT2D eigenvalue weighted by molar-refractivity contribution is 0.0696. The minimum Gasteiger partial charge on any atom is -0.478 e. The van der Waals surface area contributed by atoms with Crippen LogP contribution in [0.1, 0.15) is 79.9 Å². The van der Waals surface area contributed by atoms with Gasteiger partial charge in [0.05, 0.1) is 21.8 Å². The van der Waals surface area contributed by atoms with Gasteiger partial charge in [-0.15, -0.1) is 0 Å². The predicted molar refractivity (Wildman–Crippen MR) is 180 cm³/mol. The lowest BCUT2D eigenvalue weighted by Gasteiger charge is -2.29. The van der Waals surface area contributed by atoms with Crippen LogP contribution in [0, 0.1) is 19.8 Å². The van der Waals surface area contributed by atoms with Gasteiger partial charge in [0.2, 0.25) is 11.8 Å². The van der Waals surface area contributed by atoms with E-state index in [4.69, 9.17) is 9.72 Å². The molecule has 0 aliphatic rings. The lowest BCUT2D eigenvalue weighted by atomic mass is 9.88. The van der Waals surface area contributed by atoms with Crippen LogP contribution in [0.5, 0.6) is 5.88 Å². The van der Waals surface area contributed by atoms with Crippen LogP contribution in [0.3, 0.4) is 0 Å². The van der Waals surface area contributed by atoms with Crippen molar-refractivity contribution in [2.24, 2.45) is 5.92 Å². The Labute approximate surface area is 271 Å². The van der Waals surface area contributed by atoms with Crippen molar-refractivity contribution < 1.29 is 23.1 Å². The van der Waals surface area contributed by atoms with E-state index < -0.39 is 22.1 Å². The number of benzene rings is 2. The summed E-state index contributed by atoms with van der Waals surface area (Å²) in [5, 5.41) is 12.8. The van der Waals surface area contributed by atoms with Crippen molar-refractivity contribution in [3.05, 3.63) is 94.8 Å². The van der Waals surface area contributed by atoms with E-state index in [9.17, 15) is 18.3 Å². The molecule has 0 spiro atoms. The molecule has 0 unspecified atom stereocenters. The highest BCUT2D eigenvalue weighted by molar-refractivity contribution is 7.92. The molecule has 4 aromatic rings. The Hall–Kier alpha value is -4.35. The summed E-state index contributed by atoms with van der Waals surface area (Å²) in [7, 11) is -2.39. The van der Waals surface area contributed by atoms with Gasteiger partial charge in [-0.2, -0.15) is 4.98 Å². The number of aromatic nitrogens is 3. The van der Waals surface area contributed by atoms with Gasteiger partial charge in [-0.25, -0.2) is 22.9 Å². The van der Waals surface area contributed by atoms with Crippen LogP contribution >= 0.6 is 0 Å². The van der Waals surface area contributed by atoms with E-state index in [2.05, 4.69) is 54.6 Å². The number of aryl methyl sites for hydroxylation is 2. The SMILES string of the molecule is CN[C@H](CC(C)C)[C@H](Oc1cc(-c2c(C)cccc2C)nc(NS(=O)(=O)c2cccc(C(=O)O)c2)n1)c1ccc(C(C)(C)C)cn1. The number of hydrogen-bond acceptors (Lipinski definition) is 8. The number of nitrogens with one attached hydrogen (secondary N) is 2. The molecule has 0 amide bonds. The van der Waals surface area contributed by atoms with Crippen molar-refractivity contribution in [1.29, 1.82) is 0 Å². The number of aromatic carboxylic acids is 1. The number of rotatable bonds is 12. The quantitative estimate of drug-likeness (QED) is 0.153. The summed E-state index contributed by atoms with van der Waals surface area (Å²) in [5.74, 6) is -0.954. The first-order chi connectivity index (χ1) is 21.6. The third-order valence-electron chi connectivity index (χ3n) is 7.71. The van der Waals surface area contributed by atoms with Gasteiger partial charge in [-0.3, -0.25) is 4.98 Å². The summed E-state index contributed by atoms with van der Waals surface area (Å²) in [5.41, 5.74) is 4.72. The highest BCUT2D eigenvalue weighted by Gasteiger charge is 2.29. The Morgan fingerprint density at radius 2 is 1.65 bits per heavy atom. The molecule has 4 rings (SSSR count). The molecule has 2 heterocycles. The zero-order chi connectivity index (χ0) is 33.8. The third-order valence-corrected chi connectivity index (χ3v) is 9.04. The number of anilines is 1. The van der Waals surface area contributed by atoms with E-state index in [-0.39, 0.29) is 33.7 Å². The Morgan fingerprint density at radius 3 is 2.22 bits per heavy atom. The maximum Gasteiger partial charge on any atom is 0.335 e. The van der Waals surface area contributed by atoms with Gasteiger partial charge in [0, 0.05) is 23.9 Å². The van der Waals surface area contributed by atoms with Crippen molar-refractivity contribution in [3.63, 3.8) is 0 Å². The topological polar surface area (TPSA) is 143 Å². The van der Waals surface area contributed by atoms with E-state index in [1.54, 1.807) is 6.07 Å². The number of ether oxygens (including phenoxy) is 1. The van der Waals surface area contributed by atoms with E-state index in [0.717, 1.165) is 34.7 Å². The predicted octanol–water partition coefficient (Wildman–Crippen LogP) is 6.71. The Morgan fingerprint density at radius 1 is 0.978 bits per heavy atom. The molecule has 2 aromatic carbocycles. The number of pyridine rings is 1. The van der Waals surface area contributed by atoms with Gasteiger partial charge in [0.1, 0.15) is 0 Å². The fourth-order valence-electron chi connectivity index (χ4n) is 5.25. The molecule has 11 heteroatoms. The molecular weight excluding hydrogens is 602 g/mol. The summed E-state index contributed by atoms with van der Waals surface area (Å²) in [6.45, 7) is 14.6. The number of likely N-dealkylation sites (N-methyl/N-ethyl adjacent to an activating group) is 1. The zero-order valence-corrected chi connectivity index (χ0v) is 28.4.